The van der Waals surface area contributed by atoms with Gasteiger partial charge in [-0.2, -0.15) is 13.2 Å². The van der Waals surface area contributed by atoms with E-state index in [0.29, 0.717) is 5.56 Å². The highest BCUT2D eigenvalue weighted by Gasteiger charge is 2.34. The van der Waals surface area contributed by atoms with Gasteiger partial charge in [0.15, 0.2) is 0 Å². The lowest BCUT2D eigenvalue weighted by Crippen LogP contribution is -2.39. The average Bonchev–Trinajstić information content (AvgIpc) is 3.28. The Morgan fingerprint density at radius 1 is 1.26 bits per heavy atom. The lowest BCUT2D eigenvalue weighted by Gasteiger charge is -2.24. The molecule has 0 aromatic heterocycles. The largest absolute Gasteiger partial charge is 0.481 e. The highest BCUT2D eigenvalue weighted by Crippen LogP contribution is 2.30. The Bertz CT molecular complexity index is 579. The number of carboxylic acid groups (broad SMARTS) is 1. The number of carboxylic acids is 1. The van der Waals surface area contributed by atoms with Crippen molar-refractivity contribution in [1.82, 2.24) is 4.90 Å². The van der Waals surface area contributed by atoms with E-state index in [4.69, 9.17) is 5.11 Å². The van der Waals surface area contributed by atoms with Crippen LogP contribution in [0.2, 0.25) is 0 Å². The third kappa shape index (κ3) is 4.71. The van der Waals surface area contributed by atoms with Crippen LogP contribution in [0.5, 0.6) is 0 Å². The van der Waals surface area contributed by atoms with Crippen molar-refractivity contribution in [2.75, 3.05) is 6.54 Å². The zero-order valence-electron chi connectivity index (χ0n) is 12.6. The molecule has 0 bridgehead atoms. The molecule has 1 saturated carbocycles. The predicted molar refractivity (Wildman–Crippen MR) is 76.7 cm³/mol. The van der Waals surface area contributed by atoms with Gasteiger partial charge in [-0.05, 0) is 30.5 Å². The maximum Gasteiger partial charge on any atom is 0.416 e. The van der Waals surface area contributed by atoms with Crippen LogP contribution in [0, 0.1) is 5.92 Å². The van der Waals surface area contributed by atoms with Crippen molar-refractivity contribution in [1.29, 1.82) is 0 Å². The average molecular weight is 329 g/mol. The van der Waals surface area contributed by atoms with Crippen molar-refractivity contribution >= 4 is 11.9 Å². The molecule has 0 spiro atoms. The number of hydrogen-bond donors (Lipinski definition) is 1. The van der Waals surface area contributed by atoms with Crippen molar-refractivity contribution in [2.24, 2.45) is 5.92 Å². The number of aliphatic carboxylic acids is 1. The number of hydrogen-bond acceptors (Lipinski definition) is 2. The standard InChI is InChI=1S/C16H18F3NO3/c1-10(15(22)23)9-20(13-6-7-13)14(21)8-11-2-4-12(5-3-11)16(17,18)19/h2-5,10,13H,6-9H2,1H3,(H,22,23). The maximum atomic E-state index is 12.5. The molecule has 1 atom stereocenters. The molecule has 1 N–H and O–H groups in total. The number of carbonyl (C=O) groups excluding carboxylic acids is 1. The van der Waals surface area contributed by atoms with Gasteiger partial charge < -0.3 is 10.0 Å². The van der Waals surface area contributed by atoms with Crippen LogP contribution in [-0.2, 0) is 22.2 Å². The Labute approximate surface area is 131 Å². The van der Waals surface area contributed by atoms with Crippen LogP contribution in [0.25, 0.3) is 0 Å². The molecule has 1 amide bonds. The number of halogens is 3. The summed E-state index contributed by atoms with van der Waals surface area (Å²) in [6, 6.07) is 4.52. The topological polar surface area (TPSA) is 57.6 Å². The number of rotatable bonds is 6. The summed E-state index contributed by atoms with van der Waals surface area (Å²) in [4.78, 5) is 24.8. The summed E-state index contributed by atoms with van der Waals surface area (Å²) in [6.45, 7) is 1.66. The van der Waals surface area contributed by atoms with Crippen LogP contribution in [-0.4, -0.2) is 34.5 Å². The second-order valence-corrected chi connectivity index (χ2v) is 5.89. The highest BCUT2D eigenvalue weighted by atomic mass is 19.4. The Balaban J connectivity index is 2.02. The number of nitrogens with zero attached hydrogens (tertiary/aromatic N) is 1. The summed E-state index contributed by atoms with van der Waals surface area (Å²) < 4.78 is 37.5. The van der Waals surface area contributed by atoms with Gasteiger partial charge in [0.1, 0.15) is 0 Å². The Kier molecular flexibility index (Phi) is 4.97. The van der Waals surface area contributed by atoms with Gasteiger partial charge in [-0.15, -0.1) is 0 Å². The first kappa shape index (κ1) is 17.3. The summed E-state index contributed by atoms with van der Waals surface area (Å²) >= 11 is 0. The molecule has 0 saturated heterocycles. The van der Waals surface area contributed by atoms with E-state index < -0.39 is 23.6 Å². The molecule has 0 radical (unpaired) electrons. The molecule has 0 heterocycles. The second-order valence-electron chi connectivity index (χ2n) is 5.89. The van der Waals surface area contributed by atoms with Crippen LogP contribution < -0.4 is 0 Å². The molecule has 1 aromatic carbocycles. The monoisotopic (exact) mass is 329 g/mol. The number of amides is 1. The van der Waals surface area contributed by atoms with E-state index in [9.17, 15) is 22.8 Å². The van der Waals surface area contributed by atoms with Gasteiger partial charge >= 0.3 is 12.1 Å². The zero-order chi connectivity index (χ0) is 17.2. The fourth-order valence-corrected chi connectivity index (χ4v) is 2.30. The first-order valence-electron chi connectivity index (χ1n) is 7.37. The molecule has 1 aliphatic carbocycles. The molecule has 126 valence electrons. The van der Waals surface area contributed by atoms with Crippen molar-refractivity contribution in [3.8, 4) is 0 Å². The number of benzene rings is 1. The van der Waals surface area contributed by atoms with Gasteiger partial charge in [0.2, 0.25) is 5.91 Å². The van der Waals surface area contributed by atoms with E-state index in [1.807, 2.05) is 0 Å². The fraction of sp³-hybridized carbons (Fsp3) is 0.500. The van der Waals surface area contributed by atoms with E-state index in [1.54, 1.807) is 0 Å². The molecule has 2 rings (SSSR count). The lowest BCUT2D eigenvalue weighted by atomic mass is 10.1. The first-order chi connectivity index (χ1) is 10.7. The van der Waals surface area contributed by atoms with Gasteiger partial charge in [0.05, 0.1) is 17.9 Å². The highest BCUT2D eigenvalue weighted by molar-refractivity contribution is 5.80. The van der Waals surface area contributed by atoms with Gasteiger partial charge in [0.25, 0.3) is 0 Å². The maximum absolute atomic E-state index is 12.5. The second kappa shape index (κ2) is 6.60. The minimum absolute atomic E-state index is 0.0268. The van der Waals surface area contributed by atoms with E-state index in [0.717, 1.165) is 25.0 Å². The summed E-state index contributed by atoms with van der Waals surface area (Å²) in [5, 5.41) is 8.97. The van der Waals surface area contributed by atoms with Crippen molar-refractivity contribution in [3.63, 3.8) is 0 Å². The van der Waals surface area contributed by atoms with Crippen molar-refractivity contribution < 1.29 is 27.9 Å². The molecule has 1 unspecified atom stereocenters. The minimum Gasteiger partial charge on any atom is -0.481 e. The van der Waals surface area contributed by atoms with Crippen molar-refractivity contribution in [2.45, 2.75) is 38.4 Å². The van der Waals surface area contributed by atoms with Crippen LogP contribution in [0.4, 0.5) is 13.2 Å². The molecular weight excluding hydrogens is 311 g/mol. The smallest absolute Gasteiger partial charge is 0.416 e. The summed E-state index contributed by atoms with van der Waals surface area (Å²) in [6.07, 6.45) is -2.75. The molecule has 4 nitrogen and oxygen atoms in total. The molecule has 1 fully saturated rings. The molecular formula is C16H18F3NO3. The molecule has 7 heteroatoms. The third-order valence-electron chi connectivity index (χ3n) is 3.84. The summed E-state index contributed by atoms with van der Waals surface area (Å²) in [5.41, 5.74) is -0.274. The van der Waals surface area contributed by atoms with E-state index in [1.165, 1.54) is 24.0 Å². The molecule has 1 aliphatic rings. The third-order valence-corrected chi connectivity index (χ3v) is 3.84. The Hall–Kier alpha value is -2.05. The van der Waals surface area contributed by atoms with Crippen LogP contribution in [0.1, 0.15) is 30.9 Å². The first-order valence-corrected chi connectivity index (χ1v) is 7.37. The minimum atomic E-state index is -4.40. The van der Waals surface area contributed by atoms with Gasteiger partial charge in [-0.3, -0.25) is 9.59 Å². The molecule has 0 aliphatic heterocycles. The van der Waals surface area contributed by atoms with Gasteiger partial charge in [-0.1, -0.05) is 19.1 Å². The van der Waals surface area contributed by atoms with Crippen LogP contribution in [0.15, 0.2) is 24.3 Å². The Morgan fingerprint density at radius 3 is 2.26 bits per heavy atom. The number of carbonyl (C=O) groups is 2. The van der Waals surface area contributed by atoms with E-state index >= 15 is 0 Å². The molecule has 23 heavy (non-hydrogen) atoms. The van der Waals surface area contributed by atoms with Gasteiger partial charge in [0, 0.05) is 12.6 Å². The number of alkyl halides is 3. The van der Waals surface area contributed by atoms with Crippen LogP contribution >= 0.6 is 0 Å². The quantitative estimate of drug-likeness (QED) is 0.873. The van der Waals surface area contributed by atoms with Crippen molar-refractivity contribution in [3.05, 3.63) is 35.4 Å². The van der Waals surface area contributed by atoms with Crippen LogP contribution in [0.3, 0.4) is 0 Å². The summed E-state index contributed by atoms with van der Waals surface area (Å²) in [5.74, 6) is -1.90. The predicted octanol–water partition coefficient (Wildman–Crippen LogP) is 2.96. The zero-order valence-corrected chi connectivity index (χ0v) is 12.6. The van der Waals surface area contributed by atoms with E-state index in [2.05, 4.69) is 0 Å². The van der Waals surface area contributed by atoms with Gasteiger partial charge in [-0.25, -0.2) is 0 Å². The SMILES string of the molecule is CC(CN(C(=O)Cc1ccc(C(F)(F)F)cc1)C1CC1)C(=O)O. The molecule has 1 aromatic rings. The Morgan fingerprint density at radius 2 is 1.83 bits per heavy atom. The lowest BCUT2D eigenvalue weighted by molar-refractivity contribution is -0.143. The fourth-order valence-electron chi connectivity index (χ4n) is 2.30. The van der Waals surface area contributed by atoms with E-state index in [-0.39, 0.29) is 24.9 Å². The normalized spacial score (nSPS) is 16.0. The summed E-state index contributed by atoms with van der Waals surface area (Å²) in [7, 11) is 0.